The van der Waals surface area contributed by atoms with Crippen LogP contribution >= 0.6 is 15.9 Å². The second-order valence-corrected chi connectivity index (χ2v) is 5.39. The smallest absolute Gasteiger partial charge is 0.246 e. The number of anilines is 1. The number of rotatable bonds is 8. The highest BCUT2D eigenvalue weighted by molar-refractivity contribution is 9.10. The highest BCUT2D eigenvalue weighted by atomic mass is 79.9. The third kappa shape index (κ3) is 3.94. The number of methoxy groups -OCH3 is 1. The van der Waals surface area contributed by atoms with Gasteiger partial charge >= 0.3 is 0 Å². The van der Waals surface area contributed by atoms with Gasteiger partial charge in [-0.2, -0.15) is 0 Å². The van der Waals surface area contributed by atoms with E-state index in [1.165, 1.54) is 0 Å². The fourth-order valence-electron chi connectivity index (χ4n) is 2.11. The molecule has 1 unspecified atom stereocenters. The van der Waals surface area contributed by atoms with Crippen LogP contribution in [0.3, 0.4) is 0 Å². The summed E-state index contributed by atoms with van der Waals surface area (Å²) in [6, 6.07) is 3.40. The average Bonchev–Trinajstić information content (AvgIpc) is 2.77. The van der Waals surface area contributed by atoms with Crippen molar-refractivity contribution in [3.63, 3.8) is 0 Å². The maximum atomic E-state index is 11.8. The van der Waals surface area contributed by atoms with E-state index in [0.717, 1.165) is 15.7 Å². The molecule has 2 N–H and O–H groups in total. The molecular weight excluding hydrogens is 340 g/mol. The lowest BCUT2D eigenvalue weighted by molar-refractivity contribution is -0.117. The molecule has 0 aromatic heterocycles. The van der Waals surface area contributed by atoms with Crippen molar-refractivity contribution in [3.8, 4) is 5.75 Å². The first-order valence-corrected chi connectivity index (χ1v) is 7.47. The van der Waals surface area contributed by atoms with Crippen LogP contribution in [0.4, 0.5) is 5.69 Å². The molecule has 2 rings (SSSR count). The molecule has 0 fully saturated rings. The molecule has 0 saturated heterocycles. The molecule has 7 heteroatoms. The highest BCUT2D eigenvalue weighted by Gasteiger charge is 2.30. The van der Waals surface area contributed by atoms with Gasteiger partial charge in [-0.1, -0.05) is 0 Å². The van der Waals surface area contributed by atoms with Gasteiger partial charge in [-0.15, -0.1) is 0 Å². The Hall–Kier alpha value is -1.15. The predicted octanol–water partition coefficient (Wildman–Crippen LogP) is 1.70. The third-order valence-corrected chi connectivity index (χ3v) is 3.76. The summed E-state index contributed by atoms with van der Waals surface area (Å²) in [7, 11) is 3.39. The average molecular weight is 359 g/mol. The lowest BCUT2D eigenvalue weighted by atomic mass is 10.1. The van der Waals surface area contributed by atoms with Crippen LogP contribution in [0.1, 0.15) is 11.6 Å². The van der Waals surface area contributed by atoms with Gasteiger partial charge in [-0.25, -0.2) is 0 Å². The van der Waals surface area contributed by atoms with Crippen molar-refractivity contribution in [2.24, 2.45) is 0 Å². The number of benzene rings is 1. The fraction of sp³-hybridized carbons (Fsp3) is 0.500. The van der Waals surface area contributed by atoms with Gasteiger partial charge in [0.25, 0.3) is 0 Å². The fourth-order valence-corrected chi connectivity index (χ4v) is 2.59. The summed E-state index contributed by atoms with van der Waals surface area (Å²) >= 11 is 3.47. The first kappa shape index (κ1) is 16.2. The van der Waals surface area contributed by atoms with Gasteiger partial charge in [0.05, 0.1) is 24.3 Å². The maximum Gasteiger partial charge on any atom is 0.246 e. The lowest BCUT2D eigenvalue weighted by Gasteiger charge is -2.12. The van der Waals surface area contributed by atoms with Crippen LogP contribution in [0.5, 0.6) is 5.75 Å². The Morgan fingerprint density at radius 2 is 2.05 bits per heavy atom. The number of fused-ring (bicyclic) bond motifs is 1. The van der Waals surface area contributed by atoms with Crippen molar-refractivity contribution in [2.45, 2.75) is 6.04 Å². The van der Waals surface area contributed by atoms with Gasteiger partial charge in [-0.05, 0) is 29.0 Å². The van der Waals surface area contributed by atoms with Crippen molar-refractivity contribution in [1.82, 2.24) is 5.32 Å². The zero-order valence-electron chi connectivity index (χ0n) is 12.1. The molecule has 116 valence electrons. The van der Waals surface area contributed by atoms with E-state index < -0.39 is 0 Å². The molecule has 0 aliphatic carbocycles. The first-order chi connectivity index (χ1) is 10.2. The summed E-state index contributed by atoms with van der Waals surface area (Å²) in [5.41, 5.74) is 1.69. The van der Waals surface area contributed by atoms with Gasteiger partial charge in [0, 0.05) is 24.4 Å². The van der Waals surface area contributed by atoms with Gasteiger partial charge in [-0.3, -0.25) is 4.79 Å². The molecule has 6 nitrogen and oxygen atoms in total. The third-order valence-electron chi connectivity index (χ3n) is 3.14. The lowest BCUT2D eigenvalue weighted by Crippen LogP contribution is -2.23. The second-order valence-electron chi connectivity index (χ2n) is 4.53. The molecule has 1 aliphatic heterocycles. The number of carbonyl (C=O) groups is 1. The molecular formula is C14H19BrN2O4. The Labute approximate surface area is 132 Å². The van der Waals surface area contributed by atoms with E-state index in [-0.39, 0.29) is 11.9 Å². The number of amides is 1. The summed E-state index contributed by atoms with van der Waals surface area (Å²) in [6.45, 7) is 2.04. The molecule has 1 aromatic rings. The van der Waals surface area contributed by atoms with Crippen molar-refractivity contribution < 1.29 is 19.0 Å². The molecule has 1 amide bonds. The van der Waals surface area contributed by atoms with Crippen molar-refractivity contribution in [3.05, 3.63) is 22.2 Å². The van der Waals surface area contributed by atoms with Crippen molar-refractivity contribution >= 4 is 27.5 Å². The zero-order chi connectivity index (χ0) is 15.2. The van der Waals surface area contributed by atoms with Crippen LogP contribution in [-0.2, 0) is 14.3 Å². The van der Waals surface area contributed by atoms with E-state index >= 15 is 0 Å². The number of carbonyl (C=O) groups excluding carboxylic acids is 1. The normalized spacial score (nSPS) is 16.7. The van der Waals surface area contributed by atoms with E-state index in [1.54, 1.807) is 14.2 Å². The Kier molecular flexibility index (Phi) is 5.98. The van der Waals surface area contributed by atoms with E-state index in [9.17, 15) is 4.79 Å². The molecule has 1 aromatic carbocycles. The summed E-state index contributed by atoms with van der Waals surface area (Å²) in [6.07, 6.45) is 0. The monoisotopic (exact) mass is 358 g/mol. The van der Waals surface area contributed by atoms with Crippen LogP contribution in [0.2, 0.25) is 0 Å². The van der Waals surface area contributed by atoms with Crippen LogP contribution in [-0.4, -0.2) is 46.5 Å². The minimum absolute atomic E-state index is 0.0561. The Balaban J connectivity index is 1.94. The van der Waals surface area contributed by atoms with Gasteiger partial charge in [0.1, 0.15) is 18.4 Å². The van der Waals surface area contributed by atoms with Crippen LogP contribution < -0.4 is 15.4 Å². The van der Waals surface area contributed by atoms with Crippen LogP contribution in [0.25, 0.3) is 0 Å². The summed E-state index contributed by atoms with van der Waals surface area (Å²) < 4.78 is 16.7. The predicted molar refractivity (Wildman–Crippen MR) is 82.8 cm³/mol. The Morgan fingerprint density at radius 1 is 1.29 bits per heavy atom. The van der Waals surface area contributed by atoms with E-state index in [1.807, 2.05) is 12.1 Å². The number of halogens is 1. The molecule has 0 saturated carbocycles. The van der Waals surface area contributed by atoms with Crippen molar-refractivity contribution in [2.75, 3.05) is 45.9 Å². The minimum Gasteiger partial charge on any atom is -0.490 e. The molecule has 0 spiro atoms. The number of hydrogen-bond donors (Lipinski definition) is 2. The maximum absolute atomic E-state index is 11.8. The molecule has 21 heavy (non-hydrogen) atoms. The van der Waals surface area contributed by atoms with Gasteiger partial charge < -0.3 is 24.8 Å². The second kappa shape index (κ2) is 7.74. The highest BCUT2D eigenvalue weighted by Crippen LogP contribution is 2.38. The molecule has 0 bridgehead atoms. The van der Waals surface area contributed by atoms with Crippen molar-refractivity contribution in [1.29, 1.82) is 0 Å². The standard InChI is InChI=1S/C14H19BrN2O4/c1-16-13-9-7-10(15)12(8-11(9)17-14(13)18)21-6-5-20-4-3-19-2/h7-8,13,16H,3-6H2,1-2H3,(H,17,18). The zero-order valence-corrected chi connectivity index (χ0v) is 13.7. The molecule has 1 heterocycles. The number of likely N-dealkylation sites (N-methyl/N-ethyl adjacent to an activating group) is 1. The topological polar surface area (TPSA) is 68.8 Å². The van der Waals surface area contributed by atoms with Crippen LogP contribution in [0, 0.1) is 0 Å². The number of ether oxygens (including phenoxy) is 3. The SMILES string of the molecule is CNC1C(=O)Nc2cc(OCCOCCOC)c(Br)cc21. The molecule has 1 atom stereocenters. The van der Waals surface area contributed by atoms with Crippen LogP contribution in [0.15, 0.2) is 16.6 Å². The summed E-state index contributed by atoms with van der Waals surface area (Å²) in [5.74, 6) is 0.626. The first-order valence-electron chi connectivity index (χ1n) is 6.68. The molecule has 0 radical (unpaired) electrons. The summed E-state index contributed by atoms with van der Waals surface area (Å²) in [4.78, 5) is 11.8. The summed E-state index contributed by atoms with van der Waals surface area (Å²) in [5, 5.41) is 5.82. The Morgan fingerprint density at radius 3 is 2.76 bits per heavy atom. The largest absolute Gasteiger partial charge is 0.490 e. The quantitative estimate of drug-likeness (QED) is 0.692. The van der Waals surface area contributed by atoms with Gasteiger partial charge in [0.15, 0.2) is 0 Å². The van der Waals surface area contributed by atoms with E-state index in [2.05, 4.69) is 26.6 Å². The van der Waals surface area contributed by atoms with E-state index in [0.29, 0.717) is 32.2 Å². The number of nitrogens with one attached hydrogen (secondary N) is 2. The molecule has 1 aliphatic rings. The number of hydrogen-bond acceptors (Lipinski definition) is 5. The van der Waals surface area contributed by atoms with Gasteiger partial charge in [0.2, 0.25) is 5.91 Å². The Bertz CT molecular complexity index is 510. The van der Waals surface area contributed by atoms with E-state index in [4.69, 9.17) is 14.2 Å². The minimum atomic E-state index is -0.317.